The third-order valence-electron chi connectivity index (χ3n) is 4.73. The Balaban J connectivity index is 1.37. The summed E-state index contributed by atoms with van der Waals surface area (Å²) in [5, 5.41) is 0.415. The van der Waals surface area contributed by atoms with Gasteiger partial charge in [0.1, 0.15) is 30.5 Å². The van der Waals surface area contributed by atoms with Crippen LogP contribution in [0.2, 0.25) is 5.02 Å². The van der Waals surface area contributed by atoms with E-state index in [4.69, 9.17) is 38.0 Å². The monoisotopic (exact) mass is 497 g/mol. The Morgan fingerprint density at radius 1 is 0.970 bits per heavy atom. The van der Waals surface area contributed by atoms with Crippen molar-refractivity contribution in [3.8, 4) is 17.2 Å². The van der Waals surface area contributed by atoms with E-state index in [9.17, 15) is 4.79 Å². The lowest BCUT2D eigenvalue weighted by Crippen LogP contribution is -2.27. The van der Waals surface area contributed by atoms with Gasteiger partial charge in [0, 0.05) is 0 Å². The van der Waals surface area contributed by atoms with Gasteiger partial charge in [-0.15, -0.1) is 0 Å². The topological polar surface area (TPSA) is 48.0 Å². The molecule has 3 aromatic carbocycles. The van der Waals surface area contributed by atoms with Crippen molar-refractivity contribution >= 4 is 57.6 Å². The first-order valence-corrected chi connectivity index (χ1v) is 11.7. The molecule has 168 valence electrons. The van der Waals surface area contributed by atoms with Crippen LogP contribution in [0.1, 0.15) is 5.56 Å². The van der Waals surface area contributed by atoms with Crippen molar-refractivity contribution in [2.75, 3.05) is 25.2 Å². The smallest absolute Gasteiger partial charge is 0.270 e. The molecule has 1 fully saturated rings. The SMILES string of the molecule is COc1ccc(N2C(=O)C(=Cc3ccc(OCCOc4ccccc4)cc3)SC2=S)cc1Cl. The van der Waals surface area contributed by atoms with Crippen LogP contribution in [0.3, 0.4) is 0 Å². The third-order valence-corrected chi connectivity index (χ3v) is 6.33. The Bertz CT molecular complexity index is 1180. The quantitative estimate of drug-likeness (QED) is 0.209. The number of thioether (sulfide) groups is 1. The molecule has 0 saturated carbocycles. The Morgan fingerprint density at radius 3 is 2.27 bits per heavy atom. The molecule has 1 aliphatic rings. The first kappa shape index (κ1) is 23.2. The molecule has 0 unspecified atom stereocenters. The molecule has 8 heteroatoms. The molecule has 1 saturated heterocycles. The maximum absolute atomic E-state index is 13.0. The molecular formula is C25H20ClNO4S2. The number of nitrogens with zero attached hydrogens (tertiary/aromatic N) is 1. The second-order valence-electron chi connectivity index (χ2n) is 6.91. The van der Waals surface area contributed by atoms with E-state index in [2.05, 4.69) is 0 Å². The average molecular weight is 498 g/mol. The van der Waals surface area contributed by atoms with Gasteiger partial charge in [0.25, 0.3) is 5.91 Å². The number of carbonyl (C=O) groups is 1. The minimum atomic E-state index is -0.190. The summed E-state index contributed by atoms with van der Waals surface area (Å²) in [4.78, 5) is 15.0. The van der Waals surface area contributed by atoms with Gasteiger partial charge < -0.3 is 14.2 Å². The molecule has 0 aliphatic carbocycles. The molecule has 1 heterocycles. The minimum Gasteiger partial charge on any atom is -0.495 e. The highest BCUT2D eigenvalue weighted by molar-refractivity contribution is 8.27. The molecule has 0 N–H and O–H groups in total. The molecule has 0 spiro atoms. The predicted molar refractivity (Wildman–Crippen MR) is 138 cm³/mol. The van der Waals surface area contributed by atoms with Crippen molar-refractivity contribution in [2.45, 2.75) is 0 Å². The van der Waals surface area contributed by atoms with Crippen LogP contribution < -0.4 is 19.1 Å². The normalized spacial score (nSPS) is 14.6. The number of rotatable bonds is 8. The van der Waals surface area contributed by atoms with Crippen LogP contribution in [-0.2, 0) is 4.79 Å². The van der Waals surface area contributed by atoms with Gasteiger partial charge in [-0.3, -0.25) is 9.69 Å². The zero-order chi connectivity index (χ0) is 23.2. The Labute approximate surface area is 206 Å². The Hall–Kier alpha value is -3.00. The van der Waals surface area contributed by atoms with Gasteiger partial charge in [0.2, 0.25) is 0 Å². The lowest BCUT2D eigenvalue weighted by atomic mass is 10.2. The summed E-state index contributed by atoms with van der Waals surface area (Å²) in [5.41, 5.74) is 1.48. The summed E-state index contributed by atoms with van der Waals surface area (Å²) in [6, 6.07) is 22.2. The van der Waals surface area contributed by atoms with Crippen LogP contribution >= 0.6 is 35.6 Å². The molecule has 4 rings (SSSR count). The number of hydrogen-bond acceptors (Lipinski definition) is 6. The van der Waals surface area contributed by atoms with Gasteiger partial charge in [-0.2, -0.15) is 0 Å². The van der Waals surface area contributed by atoms with Crippen molar-refractivity contribution in [3.63, 3.8) is 0 Å². The second-order valence-corrected chi connectivity index (χ2v) is 9.00. The summed E-state index contributed by atoms with van der Waals surface area (Å²) in [7, 11) is 1.54. The number of amides is 1. The average Bonchev–Trinajstić information content (AvgIpc) is 3.11. The van der Waals surface area contributed by atoms with Crippen molar-refractivity contribution in [3.05, 3.63) is 88.3 Å². The molecule has 0 radical (unpaired) electrons. The number of carbonyl (C=O) groups excluding carboxylic acids is 1. The van der Waals surface area contributed by atoms with Gasteiger partial charge in [0.05, 0.1) is 22.7 Å². The number of benzene rings is 3. The van der Waals surface area contributed by atoms with Gasteiger partial charge in [-0.25, -0.2) is 0 Å². The van der Waals surface area contributed by atoms with E-state index in [1.54, 1.807) is 18.2 Å². The summed E-state index contributed by atoms with van der Waals surface area (Å²) in [5.74, 6) is 1.88. The number of ether oxygens (including phenoxy) is 3. The van der Waals surface area contributed by atoms with Gasteiger partial charge >= 0.3 is 0 Å². The minimum absolute atomic E-state index is 0.190. The van der Waals surface area contributed by atoms with E-state index in [1.165, 1.54) is 23.8 Å². The molecule has 5 nitrogen and oxygen atoms in total. The second kappa shape index (κ2) is 10.7. The number of anilines is 1. The van der Waals surface area contributed by atoms with Crippen LogP contribution in [0.4, 0.5) is 5.69 Å². The van der Waals surface area contributed by atoms with Gasteiger partial charge in [-0.05, 0) is 54.1 Å². The van der Waals surface area contributed by atoms with Crippen LogP contribution in [0.15, 0.2) is 77.7 Å². The maximum atomic E-state index is 13.0. The molecule has 1 amide bonds. The molecule has 0 aromatic heterocycles. The lowest BCUT2D eigenvalue weighted by molar-refractivity contribution is -0.113. The highest BCUT2D eigenvalue weighted by Crippen LogP contribution is 2.38. The fourth-order valence-corrected chi connectivity index (χ4v) is 4.68. The largest absolute Gasteiger partial charge is 0.495 e. The summed E-state index contributed by atoms with van der Waals surface area (Å²) in [6.45, 7) is 0.876. The van der Waals surface area contributed by atoms with E-state index in [0.29, 0.717) is 38.9 Å². The summed E-state index contributed by atoms with van der Waals surface area (Å²) < 4.78 is 17.0. The van der Waals surface area contributed by atoms with Crippen LogP contribution in [0.25, 0.3) is 6.08 Å². The molecular weight excluding hydrogens is 478 g/mol. The highest BCUT2D eigenvalue weighted by Gasteiger charge is 2.33. The first-order chi connectivity index (χ1) is 16.0. The first-order valence-electron chi connectivity index (χ1n) is 10.1. The Kier molecular flexibility index (Phi) is 7.54. The number of thiocarbonyl (C=S) groups is 1. The summed E-state index contributed by atoms with van der Waals surface area (Å²) >= 11 is 12.9. The standard InChI is InChI=1S/C25H20ClNO4S2/c1-29-22-12-9-18(16-21(22)26)27-24(28)23(33-25(27)32)15-17-7-10-20(11-8-17)31-14-13-30-19-5-3-2-4-6-19/h2-12,15-16H,13-14H2,1H3. The van der Waals surface area contributed by atoms with E-state index in [-0.39, 0.29) is 5.91 Å². The van der Waals surface area contributed by atoms with Crippen molar-refractivity contribution in [1.29, 1.82) is 0 Å². The fraction of sp³-hybridized carbons (Fsp3) is 0.120. The van der Waals surface area contributed by atoms with E-state index in [0.717, 1.165) is 17.1 Å². The number of para-hydroxylation sites is 1. The summed E-state index contributed by atoms with van der Waals surface area (Å²) in [6.07, 6.45) is 1.81. The number of halogens is 1. The highest BCUT2D eigenvalue weighted by atomic mass is 35.5. The van der Waals surface area contributed by atoms with Crippen molar-refractivity contribution in [1.82, 2.24) is 0 Å². The Morgan fingerprint density at radius 2 is 1.64 bits per heavy atom. The van der Waals surface area contributed by atoms with E-state index < -0.39 is 0 Å². The van der Waals surface area contributed by atoms with E-state index >= 15 is 0 Å². The molecule has 33 heavy (non-hydrogen) atoms. The number of hydrogen-bond donors (Lipinski definition) is 0. The molecule has 0 atom stereocenters. The van der Waals surface area contributed by atoms with Crippen molar-refractivity contribution < 1.29 is 19.0 Å². The van der Waals surface area contributed by atoms with Crippen LogP contribution in [0.5, 0.6) is 17.2 Å². The molecule has 3 aromatic rings. The third kappa shape index (κ3) is 5.68. The van der Waals surface area contributed by atoms with Crippen LogP contribution in [0, 0.1) is 0 Å². The predicted octanol–water partition coefficient (Wildman–Crippen LogP) is 6.21. The van der Waals surface area contributed by atoms with Crippen molar-refractivity contribution in [2.24, 2.45) is 0 Å². The number of methoxy groups -OCH3 is 1. The van der Waals surface area contributed by atoms with Crippen LogP contribution in [-0.4, -0.2) is 30.6 Å². The van der Waals surface area contributed by atoms with Gasteiger partial charge in [-0.1, -0.05) is 65.9 Å². The lowest BCUT2D eigenvalue weighted by Gasteiger charge is -2.15. The zero-order valence-corrected chi connectivity index (χ0v) is 20.1. The molecule has 0 bridgehead atoms. The van der Waals surface area contributed by atoms with E-state index in [1.807, 2.05) is 60.7 Å². The fourth-order valence-electron chi connectivity index (χ4n) is 3.13. The van der Waals surface area contributed by atoms with Gasteiger partial charge in [0.15, 0.2) is 4.32 Å². The zero-order valence-electron chi connectivity index (χ0n) is 17.7. The molecule has 1 aliphatic heterocycles. The maximum Gasteiger partial charge on any atom is 0.270 e.